The molecule has 1 fully saturated rings. The molecule has 1 aliphatic rings. The molecule has 1 aliphatic heterocycles. The molecule has 0 bridgehead atoms. The number of esters is 4. The smallest absolute Gasteiger partial charge is 0.303 e. The summed E-state index contributed by atoms with van der Waals surface area (Å²) in [4.78, 5) is 46.1. The maximum absolute atomic E-state index is 11.7. The lowest BCUT2D eigenvalue weighted by atomic mass is 9.99. The fourth-order valence-corrected chi connectivity index (χ4v) is 3.62. The average molecular weight is 418 g/mol. The van der Waals surface area contributed by atoms with Crippen LogP contribution in [0.25, 0.3) is 0 Å². The van der Waals surface area contributed by atoms with Gasteiger partial charge in [-0.25, -0.2) is 0 Å². The first-order valence-electron chi connectivity index (χ1n) is 8.57. The summed E-state index contributed by atoms with van der Waals surface area (Å²) in [6.45, 7) is 10.2. The molecule has 158 valence electrons. The Labute approximate surface area is 168 Å². The quantitative estimate of drug-likeness (QED) is 0.325. The normalized spacial score (nSPS) is 26.7. The Morgan fingerprint density at radius 2 is 1.32 bits per heavy atom. The van der Waals surface area contributed by atoms with Gasteiger partial charge in [-0.3, -0.25) is 19.2 Å². The molecule has 0 aromatic heterocycles. The topological polar surface area (TPSA) is 114 Å². The van der Waals surface area contributed by atoms with Crippen molar-refractivity contribution in [3.05, 3.63) is 12.2 Å². The third-order valence-corrected chi connectivity index (χ3v) is 4.81. The molecule has 5 atom stereocenters. The molecule has 0 unspecified atom stereocenters. The van der Waals surface area contributed by atoms with Crippen LogP contribution in [0.5, 0.6) is 0 Å². The number of rotatable bonds is 8. The van der Waals surface area contributed by atoms with Gasteiger partial charge in [0.2, 0.25) is 0 Å². The van der Waals surface area contributed by atoms with Gasteiger partial charge in [0.15, 0.2) is 18.3 Å². The van der Waals surface area contributed by atoms with Crippen molar-refractivity contribution in [3.63, 3.8) is 0 Å². The minimum Gasteiger partial charge on any atom is -0.463 e. The molecule has 10 heteroatoms. The molecule has 0 aromatic carbocycles. The number of hydrogen-bond acceptors (Lipinski definition) is 10. The zero-order valence-electron chi connectivity index (χ0n) is 16.6. The standard InChI is InChI=1S/C18H26O9S/c1-9(2)8-28-18-17(26-13(6)22)16(25-12(5)21)15(24-11(4)20)14(27-18)7-23-10(3)19/h14-18H,1,7-8H2,2-6H3/t14-,15-,16+,17-,18+/m1/s1. The Balaban J connectivity index is 3.26. The average Bonchev–Trinajstić information content (AvgIpc) is 2.54. The van der Waals surface area contributed by atoms with Crippen molar-refractivity contribution in [2.75, 3.05) is 12.4 Å². The van der Waals surface area contributed by atoms with Crippen LogP contribution in [0.1, 0.15) is 34.6 Å². The van der Waals surface area contributed by atoms with Crippen LogP contribution >= 0.6 is 11.8 Å². The van der Waals surface area contributed by atoms with Gasteiger partial charge in [-0.15, -0.1) is 11.8 Å². The molecule has 1 saturated heterocycles. The van der Waals surface area contributed by atoms with Gasteiger partial charge >= 0.3 is 23.9 Å². The second-order valence-corrected chi connectivity index (χ2v) is 7.42. The second kappa shape index (κ2) is 11.1. The van der Waals surface area contributed by atoms with E-state index in [-0.39, 0.29) is 6.61 Å². The van der Waals surface area contributed by atoms with Crippen LogP contribution in [0, 0.1) is 0 Å². The Kier molecular flexibility index (Phi) is 9.47. The fraction of sp³-hybridized carbons (Fsp3) is 0.667. The Morgan fingerprint density at radius 1 is 0.821 bits per heavy atom. The van der Waals surface area contributed by atoms with E-state index in [9.17, 15) is 19.2 Å². The predicted octanol–water partition coefficient (Wildman–Crippen LogP) is 1.38. The lowest BCUT2D eigenvalue weighted by Gasteiger charge is -2.44. The van der Waals surface area contributed by atoms with Gasteiger partial charge in [0.05, 0.1) is 0 Å². The first-order valence-corrected chi connectivity index (χ1v) is 9.62. The number of carbonyl (C=O) groups excluding carboxylic acids is 4. The van der Waals surface area contributed by atoms with Gasteiger partial charge in [-0.2, -0.15) is 0 Å². The number of thioether (sulfide) groups is 1. The van der Waals surface area contributed by atoms with Crippen molar-refractivity contribution in [2.45, 2.75) is 64.5 Å². The molecule has 0 saturated carbocycles. The summed E-state index contributed by atoms with van der Waals surface area (Å²) in [7, 11) is 0. The molecule has 9 nitrogen and oxygen atoms in total. The molecule has 0 spiro atoms. The molecular weight excluding hydrogens is 392 g/mol. The second-order valence-electron chi connectivity index (χ2n) is 6.34. The van der Waals surface area contributed by atoms with Crippen LogP contribution in [0.3, 0.4) is 0 Å². The first kappa shape index (κ1) is 24.0. The molecule has 0 radical (unpaired) electrons. The maximum atomic E-state index is 11.7. The van der Waals surface area contributed by atoms with E-state index in [1.807, 2.05) is 6.92 Å². The predicted molar refractivity (Wildman–Crippen MR) is 99.2 cm³/mol. The van der Waals surface area contributed by atoms with E-state index in [1.165, 1.54) is 39.5 Å². The van der Waals surface area contributed by atoms with Crippen molar-refractivity contribution in [2.24, 2.45) is 0 Å². The van der Waals surface area contributed by atoms with E-state index in [0.717, 1.165) is 5.57 Å². The van der Waals surface area contributed by atoms with Crippen LogP contribution in [-0.2, 0) is 42.9 Å². The Bertz CT molecular complexity index is 574. The highest BCUT2D eigenvalue weighted by molar-refractivity contribution is 8.00. The third kappa shape index (κ3) is 7.89. The van der Waals surface area contributed by atoms with E-state index in [2.05, 4.69) is 6.58 Å². The van der Waals surface area contributed by atoms with Crippen molar-refractivity contribution < 1.29 is 42.9 Å². The summed E-state index contributed by atoms with van der Waals surface area (Å²) < 4.78 is 26.9. The lowest BCUT2D eigenvalue weighted by molar-refractivity contribution is -0.237. The minimum atomic E-state index is -1.14. The highest BCUT2D eigenvalue weighted by atomic mass is 32.2. The van der Waals surface area contributed by atoms with E-state index >= 15 is 0 Å². The molecule has 1 heterocycles. The van der Waals surface area contributed by atoms with Crippen molar-refractivity contribution in [1.29, 1.82) is 0 Å². The van der Waals surface area contributed by atoms with Crippen molar-refractivity contribution in [1.82, 2.24) is 0 Å². The highest BCUT2D eigenvalue weighted by Crippen LogP contribution is 2.34. The van der Waals surface area contributed by atoms with Crippen LogP contribution in [0.2, 0.25) is 0 Å². The molecular formula is C18H26O9S. The zero-order chi connectivity index (χ0) is 21.4. The Hall–Kier alpha value is -2.07. The van der Waals surface area contributed by atoms with Gasteiger partial charge in [0, 0.05) is 33.4 Å². The van der Waals surface area contributed by atoms with Gasteiger partial charge in [0.1, 0.15) is 18.1 Å². The summed E-state index contributed by atoms with van der Waals surface area (Å²) >= 11 is 1.27. The van der Waals surface area contributed by atoms with Crippen LogP contribution in [0.15, 0.2) is 12.2 Å². The van der Waals surface area contributed by atoms with Gasteiger partial charge in [0.25, 0.3) is 0 Å². The van der Waals surface area contributed by atoms with Crippen molar-refractivity contribution in [3.8, 4) is 0 Å². The third-order valence-electron chi connectivity index (χ3n) is 3.44. The number of carbonyl (C=O) groups is 4. The van der Waals surface area contributed by atoms with Gasteiger partial charge in [-0.1, -0.05) is 12.2 Å². The zero-order valence-corrected chi connectivity index (χ0v) is 17.4. The number of ether oxygens (including phenoxy) is 5. The summed E-state index contributed by atoms with van der Waals surface area (Å²) in [5, 5.41) is 0. The van der Waals surface area contributed by atoms with E-state index < -0.39 is 53.7 Å². The molecule has 0 aromatic rings. The van der Waals surface area contributed by atoms with Crippen molar-refractivity contribution >= 4 is 35.6 Å². The minimum absolute atomic E-state index is 0.234. The van der Waals surface area contributed by atoms with E-state index in [0.29, 0.717) is 5.75 Å². The summed E-state index contributed by atoms with van der Waals surface area (Å²) in [5.74, 6) is -2.01. The van der Waals surface area contributed by atoms with Crippen LogP contribution < -0.4 is 0 Å². The highest BCUT2D eigenvalue weighted by Gasteiger charge is 2.52. The molecule has 0 N–H and O–H groups in total. The van der Waals surface area contributed by atoms with E-state index in [4.69, 9.17) is 23.7 Å². The molecule has 28 heavy (non-hydrogen) atoms. The maximum Gasteiger partial charge on any atom is 0.303 e. The van der Waals surface area contributed by atoms with E-state index in [1.54, 1.807) is 0 Å². The summed E-state index contributed by atoms with van der Waals surface area (Å²) in [5.41, 5.74) is 0.0789. The van der Waals surface area contributed by atoms with Gasteiger partial charge < -0.3 is 23.7 Å². The molecule has 0 amide bonds. The summed E-state index contributed by atoms with van der Waals surface area (Å²) in [6, 6.07) is 0. The van der Waals surface area contributed by atoms with Gasteiger partial charge in [-0.05, 0) is 6.92 Å². The monoisotopic (exact) mass is 418 g/mol. The van der Waals surface area contributed by atoms with Crippen LogP contribution in [0.4, 0.5) is 0 Å². The fourth-order valence-electron chi connectivity index (χ4n) is 2.55. The Morgan fingerprint density at radius 3 is 1.79 bits per heavy atom. The molecule has 0 aliphatic carbocycles. The van der Waals surface area contributed by atoms with Crippen LogP contribution in [-0.4, -0.2) is 66.1 Å². The number of hydrogen-bond donors (Lipinski definition) is 0. The largest absolute Gasteiger partial charge is 0.463 e. The SMILES string of the molecule is C=C(C)CS[C@@H]1O[C@H](COC(C)=O)[C@@H](OC(C)=O)[C@H](OC(C)=O)[C@H]1OC(C)=O. The molecule has 1 rings (SSSR count). The first-order chi connectivity index (χ1) is 13.0. The summed E-state index contributed by atoms with van der Waals surface area (Å²) in [6.07, 6.45) is -4.23. The lowest BCUT2D eigenvalue weighted by Crippen LogP contribution is -2.61.